The zero-order valence-electron chi connectivity index (χ0n) is 10.3. The lowest BCUT2D eigenvalue weighted by atomic mass is 10.1. The minimum absolute atomic E-state index is 0.0278. The van der Waals surface area contributed by atoms with Gasteiger partial charge in [-0.25, -0.2) is 0 Å². The van der Waals surface area contributed by atoms with Gasteiger partial charge in [0.25, 0.3) is 0 Å². The number of nitrogens with two attached hydrogens (primary N) is 1. The van der Waals surface area contributed by atoms with Crippen molar-refractivity contribution in [3.05, 3.63) is 20.8 Å². The van der Waals surface area contributed by atoms with Crippen LogP contribution >= 0.6 is 27.3 Å². The van der Waals surface area contributed by atoms with Crippen LogP contribution in [0.2, 0.25) is 0 Å². The van der Waals surface area contributed by atoms with Gasteiger partial charge in [-0.1, -0.05) is 6.92 Å². The summed E-state index contributed by atoms with van der Waals surface area (Å²) in [5, 5.41) is 0. The molecule has 1 heterocycles. The Kier molecular flexibility index (Phi) is 6.16. The Bertz CT molecular complexity index is 367. The van der Waals surface area contributed by atoms with E-state index in [1.807, 2.05) is 20.0 Å². The number of halogens is 1. The minimum atomic E-state index is 0.0278. The number of carbonyl (C=O) groups is 1. The van der Waals surface area contributed by atoms with E-state index < -0.39 is 0 Å². The van der Waals surface area contributed by atoms with Gasteiger partial charge in [-0.3, -0.25) is 4.79 Å². The van der Waals surface area contributed by atoms with Crippen LogP contribution in [0.25, 0.3) is 0 Å². The molecule has 17 heavy (non-hydrogen) atoms. The van der Waals surface area contributed by atoms with Crippen molar-refractivity contribution in [1.29, 1.82) is 0 Å². The highest BCUT2D eigenvalue weighted by Gasteiger charge is 2.16. The van der Waals surface area contributed by atoms with Gasteiger partial charge in [-0.2, -0.15) is 0 Å². The van der Waals surface area contributed by atoms with Gasteiger partial charge in [0.05, 0.1) is 3.79 Å². The van der Waals surface area contributed by atoms with Crippen LogP contribution in [-0.4, -0.2) is 30.9 Å². The van der Waals surface area contributed by atoms with E-state index in [9.17, 15) is 4.79 Å². The second-order valence-corrected chi connectivity index (χ2v) is 6.74. The van der Waals surface area contributed by atoms with E-state index in [-0.39, 0.29) is 11.8 Å². The smallest absolute Gasteiger partial charge is 0.225 e. The fourth-order valence-electron chi connectivity index (χ4n) is 1.62. The number of thiophene rings is 1. The second kappa shape index (κ2) is 7.13. The van der Waals surface area contributed by atoms with Gasteiger partial charge in [-0.15, -0.1) is 11.3 Å². The highest BCUT2D eigenvalue weighted by atomic mass is 79.9. The van der Waals surface area contributed by atoms with Gasteiger partial charge >= 0.3 is 0 Å². The Hall–Kier alpha value is -0.390. The number of hydrogen-bond acceptors (Lipinski definition) is 3. The van der Waals surface area contributed by atoms with Crippen LogP contribution in [0.15, 0.2) is 15.9 Å². The maximum Gasteiger partial charge on any atom is 0.225 e. The van der Waals surface area contributed by atoms with Gasteiger partial charge in [0.15, 0.2) is 0 Å². The van der Waals surface area contributed by atoms with E-state index in [2.05, 4.69) is 22.0 Å². The molecule has 0 aliphatic rings. The summed E-state index contributed by atoms with van der Waals surface area (Å²) < 4.78 is 1.14. The van der Waals surface area contributed by atoms with E-state index in [1.54, 1.807) is 16.2 Å². The molecule has 0 saturated heterocycles. The molecular formula is C12H19BrN2OS. The fraction of sp³-hybridized carbons (Fsp3) is 0.583. The number of hydrogen-bond donors (Lipinski definition) is 1. The van der Waals surface area contributed by atoms with Gasteiger partial charge in [0, 0.05) is 24.4 Å². The first-order valence-corrected chi connectivity index (χ1v) is 7.34. The van der Waals surface area contributed by atoms with E-state index in [1.165, 1.54) is 4.88 Å². The lowest BCUT2D eigenvalue weighted by Crippen LogP contribution is -2.34. The molecule has 1 unspecified atom stereocenters. The van der Waals surface area contributed by atoms with Crippen LogP contribution in [0.4, 0.5) is 0 Å². The van der Waals surface area contributed by atoms with Gasteiger partial charge in [-0.05, 0) is 47.4 Å². The van der Waals surface area contributed by atoms with Crippen LogP contribution in [0.3, 0.4) is 0 Å². The molecule has 1 atom stereocenters. The number of amides is 1. The summed E-state index contributed by atoms with van der Waals surface area (Å²) >= 11 is 5.15. The van der Waals surface area contributed by atoms with Gasteiger partial charge in [0.2, 0.25) is 5.91 Å². The Balaban J connectivity index is 2.38. The van der Waals surface area contributed by atoms with Crippen molar-refractivity contribution in [1.82, 2.24) is 4.90 Å². The Morgan fingerprint density at radius 2 is 2.29 bits per heavy atom. The average Bonchev–Trinajstić information content (AvgIpc) is 2.71. The topological polar surface area (TPSA) is 46.3 Å². The molecule has 1 aromatic rings. The normalized spacial score (nSPS) is 12.5. The maximum atomic E-state index is 11.9. The first-order chi connectivity index (χ1) is 8.04. The van der Waals surface area contributed by atoms with Crippen molar-refractivity contribution in [2.24, 2.45) is 11.7 Å². The van der Waals surface area contributed by atoms with E-state index in [0.29, 0.717) is 6.54 Å². The highest BCUT2D eigenvalue weighted by Crippen LogP contribution is 2.22. The summed E-state index contributed by atoms with van der Waals surface area (Å²) in [4.78, 5) is 15.0. The third-order valence-corrected chi connectivity index (χ3v) is 4.40. The van der Waals surface area contributed by atoms with Crippen molar-refractivity contribution >= 4 is 33.2 Å². The fourth-order valence-corrected chi connectivity index (χ4v) is 3.10. The zero-order valence-corrected chi connectivity index (χ0v) is 12.7. The predicted octanol–water partition coefficient (Wildman–Crippen LogP) is 2.50. The molecule has 0 spiro atoms. The van der Waals surface area contributed by atoms with Crippen LogP contribution in [0.5, 0.6) is 0 Å². The number of likely N-dealkylation sites (N-methyl/N-ethyl adjacent to an activating group) is 1. The molecule has 0 aliphatic heterocycles. The van der Waals surface area contributed by atoms with Crippen LogP contribution < -0.4 is 5.73 Å². The molecule has 0 aliphatic carbocycles. The van der Waals surface area contributed by atoms with Gasteiger partial charge < -0.3 is 10.6 Å². The molecule has 3 nitrogen and oxygen atoms in total. The molecule has 0 radical (unpaired) electrons. The third-order valence-electron chi connectivity index (χ3n) is 2.72. The minimum Gasteiger partial charge on any atom is -0.345 e. The summed E-state index contributed by atoms with van der Waals surface area (Å²) in [5.41, 5.74) is 5.46. The van der Waals surface area contributed by atoms with Crippen molar-refractivity contribution in [2.75, 3.05) is 20.1 Å². The summed E-state index contributed by atoms with van der Waals surface area (Å²) in [6.07, 6.45) is 1.67. The van der Waals surface area contributed by atoms with Crippen molar-refractivity contribution < 1.29 is 4.79 Å². The van der Waals surface area contributed by atoms with Crippen LogP contribution in [0, 0.1) is 5.92 Å². The monoisotopic (exact) mass is 318 g/mol. The molecule has 96 valence electrons. The highest BCUT2D eigenvalue weighted by molar-refractivity contribution is 9.11. The molecule has 1 rings (SSSR count). The molecule has 0 saturated carbocycles. The first-order valence-electron chi connectivity index (χ1n) is 5.74. The van der Waals surface area contributed by atoms with Crippen LogP contribution in [0.1, 0.15) is 18.2 Å². The van der Waals surface area contributed by atoms with E-state index >= 15 is 0 Å². The SMILES string of the molecule is CC(CCN)C(=O)N(C)CCc1ccc(Br)s1. The second-order valence-electron chi connectivity index (χ2n) is 4.19. The Morgan fingerprint density at radius 3 is 2.82 bits per heavy atom. The van der Waals surface area contributed by atoms with E-state index in [4.69, 9.17) is 5.73 Å². The third kappa shape index (κ3) is 4.77. The lowest BCUT2D eigenvalue weighted by molar-refractivity contribution is -0.133. The van der Waals surface area contributed by atoms with Crippen molar-refractivity contribution in [3.63, 3.8) is 0 Å². The summed E-state index contributed by atoms with van der Waals surface area (Å²) in [7, 11) is 1.86. The van der Waals surface area contributed by atoms with Gasteiger partial charge in [0.1, 0.15) is 0 Å². The number of nitrogens with zero attached hydrogens (tertiary/aromatic N) is 1. The Labute approximate surface area is 115 Å². The summed E-state index contributed by atoms with van der Waals surface area (Å²) in [5.74, 6) is 0.214. The predicted molar refractivity (Wildman–Crippen MR) is 76.2 cm³/mol. The van der Waals surface area contributed by atoms with E-state index in [0.717, 1.165) is 23.2 Å². The summed E-state index contributed by atoms with van der Waals surface area (Å²) in [6, 6.07) is 4.13. The molecule has 0 aromatic carbocycles. The largest absolute Gasteiger partial charge is 0.345 e. The molecule has 2 N–H and O–H groups in total. The maximum absolute atomic E-state index is 11.9. The Morgan fingerprint density at radius 1 is 1.59 bits per heavy atom. The molecule has 0 bridgehead atoms. The lowest BCUT2D eigenvalue weighted by Gasteiger charge is -2.20. The van der Waals surface area contributed by atoms with Crippen LogP contribution in [-0.2, 0) is 11.2 Å². The van der Waals surface area contributed by atoms with Crippen molar-refractivity contribution in [3.8, 4) is 0 Å². The number of rotatable bonds is 6. The van der Waals surface area contributed by atoms with Crippen molar-refractivity contribution in [2.45, 2.75) is 19.8 Å². The quantitative estimate of drug-likeness (QED) is 0.876. The standard InChI is InChI=1S/C12H19BrN2OS/c1-9(5-7-14)12(16)15(2)8-6-10-3-4-11(13)17-10/h3-4,9H,5-8,14H2,1-2H3. The first kappa shape index (κ1) is 14.7. The molecule has 1 aromatic heterocycles. The molecule has 1 amide bonds. The molecule has 0 fully saturated rings. The zero-order chi connectivity index (χ0) is 12.8. The molecular weight excluding hydrogens is 300 g/mol. The average molecular weight is 319 g/mol. The number of carbonyl (C=O) groups excluding carboxylic acids is 1. The molecule has 5 heteroatoms. The summed E-state index contributed by atoms with van der Waals surface area (Å²) in [6.45, 7) is 3.27.